The number of aromatic nitrogens is 2. The zero-order valence-corrected chi connectivity index (χ0v) is 24.0. The summed E-state index contributed by atoms with van der Waals surface area (Å²) in [7, 11) is 0. The molecule has 0 saturated heterocycles. The third-order valence-electron chi connectivity index (χ3n) is 6.51. The van der Waals surface area contributed by atoms with Crippen LogP contribution in [0.15, 0.2) is 72.8 Å². The molecule has 3 aromatic carbocycles. The molecule has 3 heterocycles. The van der Waals surface area contributed by atoms with Gasteiger partial charge in [0.25, 0.3) is 0 Å². The van der Waals surface area contributed by atoms with Crippen LogP contribution in [0.1, 0.15) is 5.56 Å². The number of halogens is 6. The second-order valence-electron chi connectivity index (χ2n) is 9.43. The quantitative estimate of drug-likeness (QED) is 0.139. The first kappa shape index (κ1) is 29.0. The van der Waals surface area contributed by atoms with Crippen LogP contribution in [0.2, 0.25) is 0 Å². The number of nitrogens with two attached hydrogens (primary N) is 2. The van der Waals surface area contributed by atoms with Crippen molar-refractivity contribution < 1.29 is 31.1 Å². The third-order valence-corrected chi connectivity index (χ3v) is 9.34. The smallest absolute Gasteiger partial charge is 0.406 e. The molecule has 0 unspecified atom stereocenters. The van der Waals surface area contributed by atoms with Gasteiger partial charge in [-0.05, 0) is 65.2 Å². The lowest BCUT2D eigenvalue weighted by Gasteiger charge is -2.12. The fourth-order valence-corrected chi connectivity index (χ4v) is 7.34. The Morgan fingerprint density at radius 1 is 0.605 bits per heavy atom. The Kier molecular flexibility index (Phi) is 7.30. The fraction of sp³-hybridized carbons (Fsp3) is 0.103. The van der Waals surface area contributed by atoms with Crippen molar-refractivity contribution in [3.8, 4) is 47.5 Å². The molecule has 14 heteroatoms. The number of ether oxygens (including phenoxy) is 1. The molecule has 0 atom stereocenters. The summed E-state index contributed by atoms with van der Waals surface area (Å²) >= 11 is 3.79. The molecule has 0 amide bonds. The maximum absolute atomic E-state index is 12.7. The molecule has 0 spiro atoms. The first-order valence-electron chi connectivity index (χ1n) is 12.4. The molecule has 5 nitrogen and oxygen atoms in total. The molecule has 0 fully saturated rings. The van der Waals surface area contributed by atoms with Crippen LogP contribution in [-0.2, 0) is 6.42 Å². The summed E-state index contributed by atoms with van der Waals surface area (Å²) in [6.07, 6.45) is -10.0. The van der Waals surface area contributed by atoms with Crippen molar-refractivity contribution in [2.24, 2.45) is 0 Å². The molecule has 3 aromatic heterocycles. The van der Waals surface area contributed by atoms with Gasteiger partial charge in [-0.2, -0.15) is 21.9 Å². The zero-order valence-electron chi connectivity index (χ0n) is 21.6. The van der Waals surface area contributed by atoms with E-state index in [4.69, 9.17) is 11.5 Å². The topological polar surface area (TPSA) is 87.0 Å². The van der Waals surface area contributed by atoms with Crippen LogP contribution in [-0.4, -0.2) is 21.3 Å². The number of anilines is 2. The van der Waals surface area contributed by atoms with Crippen LogP contribution >= 0.6 is 34.4 Å². The highest BCUT2D eigenvalue weighted by molar-refractivity contribution is 7.19. The number of hydrogen-bond donors (Lipinski definition) is 2. The van der Waals surface area contributed by atoms with Crippen molar-refractivity contribution in [2.45, 2.75) is 19.0 Å². The number of nitrogen functional groups attached to an aromatic ring is 2. The summed E-state index contributed by atoms with van der Waals surface area (Å²) in [5.74, 6) is -0.314. The largest absolute Gasteiger partial charge is 0.573 e. The Balaban J connectivity index is 1.33. The summed E-state index contributed by atoms with van der Waals surface area (Å²) < 4.78 is 88.7. The Bertz CT molecular complexity index is 1790. The van der Waals surface area contributed by atoms with E-state index in [0.29, 0.717) is 39.1 Å². The van der Waals surface area contributed by atoms with Gasteiger partial charge in [-0.3, -0.25) is 0 Å². The van der Waals surface area contributed by atoms with E-state index in [1.54, 1.807) is 12.1 Å². The summed E-state index contributed by atoms with van der Waals surface area (Å²) in [4.78, 5) is 3.15. The van der Waals surface area contributed by atoms with Crippen molar-refractivity contribution in [1.82, 2.24) is 8.75 Å². The predicted molar refractivity (Wildman–Crippen MR) is 160 cm³/mol. The van der Waals surface area contributed by atoms with Crippen molar-refractivity contribution in [2.75, 3.05) is 11.5 Å². The lowest BCUT2D eigenvalue weighted by atomic mass is 10.0. The number of hydrogen-bond acceptors (Lipinski definition) is 8. The fourth-order valence-electron chi connectivity index (χ4n) is 4.63. The van der Waals surface area contributed by atoms with Crippen molar-refractivity contribution in [3.05, 3.63) is 78.4 Å². The molecule has 220 valence electrons. The monoisotopic (exact) mass is 648 g/mol. The molecule has 43 heavy (non-hydrogen) atoms. The molecule has 4 N–H and O–H groups in total. The molecule has 6 rings (SSSR count). The van der Waals surface area contributed by atoms with Crippen LogP contribution in [0.5, 0.6) is 5.75 Å². The Labute approximate surface area is 252 Å². The summed E-state index contributed by atoms with van der Waals surface area (Å²) in [5, 5.41) is 0. The maximum Gasteiger partial charge on any atom is 0.573 e. The van der Waals surface area contributed by atoms with Crippen molar-refractivity contribution >= 4 is 56.8 Å². The highest BCUT2D eigenvalue weighted by Gasteiger charge is 2.31. The molecular formula is C29H18F6N4OS3. The van der Waals surface area contributed by atoms with Crippen molar-refractivity contribution in [1.29, 1.82) is 0 Å². The van der Waals surface area contributed by atoms with E-state index >= 15 is 0 Å². The van der Waals surface area contributed by atoms with Gasteiger partial charge in [0.05, 0.1) is 29.5 Å². The highest BCUT2D eigenvalue weighted by atomic mass is 32.1. The molecule has 6 aromatic rings. The molecular weight excluding hydrogens is 631 g/mol. The molecule has 0 bridgehead atoms. The number of fused-ring (bicyclic) bond motifs is 1. The standard InChI is InChI=1S/C29H18F6N4OS3/c30-28(31,32)13-14-1-3-15(4-2-14)18-9-11-20(41-18)22-24(36)25(37)23(27-26(22)38-43-39-27)21-12-10-19(42-21)16-5-7-17(8-6-16)40-29(33,34)35/h1-12H,13,36-37H2. The molecule has 0 aliphatic rings. The first-order chi connectivity index (χ1) is 20.4. The van der Waals surface area contributed by atoms with E-state index < -0.39 is 19.0 Å². The van der Waals surface area contributed by atoms with Crippen LogP contribution in [0, 0.1) is 0 Å². The Morgan fingerprint density at radius 3 is 1.49 bits per heavy atom. The molecule has 0 radical (unpaired) electrons. The minimum absolute atomic E-state index is 0.181. The van der Waals surface area contributed by atoms with Gasteiger partial charge in [0, 0.05) is 30.6 Å². The van der Waals surface area contributed by atoms with E-state index in [2.05, 4.69) is 13.5 Å². The van der Waals surface area contributed by atoms with E-state index in [0.717, 1.165) is 36.8 Å². The predicted octanol–water partition coefficient (Wildman–Crippen LogP) is 9.65. The van der Waals surface area contributed by atoms with E-state index in [1.807, 2.05) is 24.3 Å². The van der Waals surface area contributed by atoms with Crippen LogP contribution in [0.3, 0.4) is 0 Å². The SMILES string of the molecule is Nc1c(N)c(-c2ccc(-c3ccc(OC(F)(F)F)cc3)s2)c2nsnc2c1-c1ccc(-c2ccc(CC(F)(F)F)cc2)s1. The minimum atomic E-state index is -4.77. The second-order valence-corrected chi connectivity index (χ2v) is 12.1. The van der Waals surface area contributed by atoms with Crippen molar-refractivity contribution in [3.63, 3.8) is 0 Å². The van der Waals surface area contributed by atoms with Crippen LogP contribution in [0.4, 0.5) is 37.7 Å². The zero-order chi connectivity index (χ0) is 30.5. The minimum Gasteiger partial charge on any atom is -0.406 e. The van der Waals surface area contributed by atoms with E-state index in [9.17, 15) is 26.3 Å². The second kappa shape index (κ2) is 10.8. The first-order valence-corrected chi connectivity index (χ1v) is 14.8. The van der Waals surface area contributed by atoms with E-state index in [1.165, 1.54) is 59.1 Å². The van der Waals surface area contributed by atoms with Gasteiger partial charge in [0.15, 0.2) is 0 Å². The molecule has 0 aliphatic heterocycles. The maximum atomic E-state index is 12.7. The Morgan fingerprint density at radius 2 is 1.05 bits per heavy atom. The van der Waals surface area contributed by atoms with Gasteiger partial charge in [-0.1, -0.05) is 24.3 Å². The number of benzene rings is 3. The molecule has 0 aliphatic carbocycles. The number of rotatable bonds is 6. The van der Waals surface area contributed by atoms with Gasteiger partial charge >= 0.3 is 12.5 Å². The van der Waals surface area contributed by atoms with Crippen LogP contribution < -0.4 is 16.2 Å². The van der Waals surface area contributed by atoms with Gasteiger partial charge in [0.2, 0.25) is 0 Å². The van der Waals surface area contributed by atoms with E-state index in [-0.39, 0.29) is 11.3 Å². The lowest BCUT2D eigenvalue weighted by Crippen LogP contribution is -2.16. The highest BCUT2D eigenvalue weighted by Crippen LogP contribution is 2.49. The average molecular weight is 649 g/mol. The normalized spacial score (nSPS) is 12.2. The van der Waals surface area contributed by atoms with Gasteiger partial charge in [0.1, 0.15) is 16.8 Å². The lowest BCUT2D eigenvalue weighted by molar-refractivity contribution is -0.274. The summed E-state index contributed by atoms with van der Waals surface area (Å²) in [6.45, 7) is 0. The van der Waals surface area contributed by atoms with Crippen LogP contribution in [0.25, 0.3) is 52.8 Å². The third kappa shape index (κ3) is 6.03. The van der Waals surface area contributed by atoms with Gasteiger partial charge in [-0.25, -0.2) is 0 Å². The Hall–Kier alpha value is -4.14. The molecule has 0 saturated carbocycles. The van der Waals surface area contributed by atoms with Gasteiger partial charge < -0.3 is 16.2 Å². The number of nitrogens with zero attached hydrogens (tertiary/aromatic N) is 2. The number of alkyl halides is 6. The summed E-state index contributed by atoms with van der Waals surface area (Å²) in [6, 6.07) is 19.2. The summed E-state index contributed by atoms with van der Waals surface area (Å²) in [5.41, 5.74) is 17.8. The number of thiophene rings is 2. The van der Waals surface area contributed by atoms with Gasteiger partial charge in [-0.15, -0.1) is 35.8 Å². The average Bonchev–Trinajstić information content (AvgIpc) is 3.70.